The van der Waals surface area contributed by atoms with Gasteiger partial charge in [-0.25, -0.2) is 4.99 Å². The Labute approximate surface area is 162 Å². The predicted octanol–water partition coefficient (Wildman–Crippen LogP) is 2.79. The summed E-state index contributed by atoms with van der Waals surface area (Å²) >= 11 is 0. The van der Waals surface area contributed by atoms with Crippen LogP contribution in [0, 0.1) is 0 Å². The zero-order chi connectivity index (χ0) is 19.2. The number of rotatable bonds is 11. The number of methoxy groups -OCH3 is 1. The van der Waals surface area contributed by atoms with E-state index in [1.54, 1.807) is 7.11 Å². The molecule has 0 bridgehead atoms. The average Bonchev–Trinajstić information content (AvgIpc) is 2.72. The lowest BCUT2D eigenvalue weighted by Crippen LogP contribution is -2.39. The molecule has 0 saturated heterocycles. The fourth-order valence-electron chi connectivity index (χ4n) is 2.46. The highest BCUT2D eigenvalue weighted by Crippen LogP contribution is 2.11. The summed E-state index contributed by atoms with van der Waals surface area (Å²) < 4.78 is 10.6. The lowest BCUT2D eigenvalue weighted by Gasteiger charge is -2.13. The number of aliphatic imine (C=N–C) groups is 1. The van der Waals surface area contributed by atoms with Gasteiger partial charge in [0, 0.05) is 44.6 Å². The molecule has 0 aliphatic rings. The average molecular weight is 370 g/mol. The number of nitrogens with zero attached hydrogens (tertiary/aromatic N) is 2. The molecular formula is C21H30N4O2. The van der Waals surface area contributed by atoms with E-state index in [0.29, 0.717) is 6.54 Å². The van der Waals surface area contributed by atoms with Crippen molar-refractivity contribution in [1.29, 1.82) is 0 Å². The summed E-state index contributed by atoms with van der Waals surface area (Å²) in [7, 11) is 1.67. The Bertz CT molecular complexity index is 660. The molecule has 2 aromatic rings. The molecule has 0 spiro atoms. The molecule has 6 heteroatoms. The van der Waals surface area contributed by atoms with Crippen LogP contribution < -0.4 is 15.4 Å². The maximum Gasteiger partial charge on any atom is 0.191 e. The zero-order valence-corrected chi connectivity index (χ0v) is 16.3. The second-order valence-electron chi connectivity index (χ2n) is 5.99. The van der Waals surface area contributed by atoms with E-state index in [0.717, 1.165) is 62.1 Å². The fraction of sp³-hybridized carbons (Fsp3) is 0.429. The van der Waals surface area contributed by atoms with Crippen molar-refractivity contribution in [1.82, 2.24) is 15.6 Å². The third-order valence-corrected chi connectivity index (χ3v) is 3.94. The molecule has 0 amide bonds. The standard InChI is InChI=1S/C21H30N4O2/c1-3-27-16-6-14-23-21(24-15-12-19-7-4-5-13-22-19)25-17-18-8-10-20(26-2)11-9-18/h4-5,7-11,13H,3,6,12,14-17H2,1-2H3,(H2,23,24,25). The predicted molar refractivity (Wildman–Crippen MR) is 109 cm³/mol. The lowest BCUT2D eigenvalue weighted by atomic mass is 10.2. The first kappa shape index (κ1) is 20.7. The van der Waals surface area contributed by atoms with Gasteiger partial charge in [0.1, 0.15) is 5.75 Å². The third-order valence-electron chi connectivity index (χ3n) is 3.94. The van der Waals surface area contributed by atoms with E-state index < -0.39 is 0 Å². The molecule has 6 nitrogen and oxygen atoms in total. The van der Waals surface area contributed by atoms with Crippen LogP contribution in [0.3, 0.4) is 0 Å². The molecule has 1 heterocycles. The summed E-state index contributed by atoms with van der Waals surface area (Å²) in [5.41, 5.74) is 2.20. The molecule has 0 saturated carbocycles. The van der Waals surface area contributed by atoms with E-state index in [1.807, 2.05) is 55.6 Å². The molecule has 1 aromatic carbocycles. The van der Waals surface area contributed by atoms with Crippen molar-refractivity contribution in [3.63, 3.8) is 0 Å². The second kappa shape index (κ2) is 12.7. The van der Waals surface area contributed by atoms with Crippen LogP contribution in [-0.4, -0.2) is 44.4 Å². The van der Waals surface area contributed by atoms with Crippen molar-refractivity contribution in [2.45, 2.75) is 26.3 Å². The van der Waals surface area contributed by atoms with E-state index in [2.05, 4.69) is 15.6 Å². The van der Waals surface area contributed by atoms with Crippen LogP contribution in [0.25, 0.3) is 0 Å². The van der Waals surface area contributed by atoms with Crippen LogP contribution in [0.5, 0.6) is 5.75 Å². The van der Waals surface area contributed by atoms with Crippen LogP contribution in [-0.2, 0) is 17.7 Å². The number of guanidine groups is 1. The van der Waals surface area contributed by atoms with Crippen molar-refractivity contribution in [2.75, 3.05) is 33.4 Å². The summed E-state index contributed by atoms with van der Waals surface area (Å²) in [6.07, 6.45) is 3.61. The summed E-state index contributed by atoms with van der Waals surface area (Å²) in [6, 6.07) is 13.9. The van der Waals surface area contributed by atoms with Crippen LogP contribution in [0.4, 0.5) is 0 Å². The van der Waals surface area contributed by atoms with Gasteiger partial charge in [0.25, 0.3) is 0 Å². The van der Waals surface area contributed by atoms with Crippen molar-refractivity contribution in [3.05, 3.63) is 59.9 Å². The molecule has 1 aromatic heterocycles. The van der Waals surface area contributed by atoms with Crippen LogP contribution in [0.2, 0.25) is 0 Å². The topological polar surface area (TPSA) is 67.8 Å². The van der Waals surface area contributed by atoms with Crippen molar-refractivity contribution < 1.29 is 9.47 Å². The van der Waals surface area contributed by atoms with Gasteiger partial charge in [-0.2, -0.15) is 0 Å². The van der Waals surface area contributed by atoms with Gasteiger partial charge >= 0.3 is 0 Å². The van der Waals surface area contributed by atoms with Crippen molar-refractivity contribution >= 4 is 5.96 Å². The first-order valence-corrected chi connectivity index (χ1v) is 9.44. The Morgan fingerprint density at radius 2 is 1.89 bits per heavy atom. The van der Waals surface area contributed by atoms with Gasteiger partial charge < -0.3 is 20.1 Å². The molecular weight excluding hydrogens is 340 g/mol. The Morgan fingerprint density at radius 3 is 2.59 bits per heavy atom. The van der Waals surface area contributed by atoms with Gasteiger partial charge in [-0.15, -0.1) is 0 Å². The first-order valence-electron chi connectivity index (χ1n) is 9.44. The van der Waals surface area contributed by atoms with Crippen molar-refractivity contribution in [2.24, 2.45) is 4.99 Å². The second-order valence-corrected chi connectivity index (χ2v) is 5.99. The molecule has 0 atom stereocenters. The number of pyridine rings is 1. The quantitative estimate of drug-likeness (QED) is 0.362. The Morgan fingerprint density at radius 1 is 1.07 bits per heavy atom. The highest BCUT2D eigenvalue weighted by molar-refractivity contribution is 5.79. The fourth-order valence-corrected chi connectivity index (χ4v) is 2.46. The van der Waals surface area contributed by atoms with Gasteiger partial charge in [0.2, 0.25) is 0 Å². The van der Waals surface area contributed by atoms with Gasteiger partial charge in [-0.05, 0) is 43.2 Å². The number of hydrogen-bond acceptors (Lipinski definition) is 4. The normalized spacial score (nSPS) is 11.3. The van der Waals surface area contributed by atoms with E-state index >= 15 is 0 Å². The summed E-state index contributed by atoms with van der Waals surface area (Å²) in [5.74, 6) is 1.66. The molecule has 27 heavy (non-hydrogen) atoms. The SMILES string of the molecule is CCOCCCNC(=NCc1ccc(OC)cc1)NCCc1ccccn1. The first-order chi connectivity index (χ1) is 13.3. The molecule has 0 fully saturated rings. The molecule has 0 unspecified atom stereocenters. The Kier molecular flexibility index (Phi) is 9.74. The minimum absolute atomic E-state index is 0.606. The van der Waals surface area contributed by atoms with Gasteiger partial charge in [0.05, 0.1) is 13.7 Å². The lowest BCUT2D eigenvalue weighted by molar-refractivity contribution is 0.145. The molecule has 146 valence electrons. The molecule has 0 aliphatic heterocycles. The highest BCUT2D eigenvalue weighted by atomic mass is 16.5. The maximum absolute atomic E-state index is 5.39. The number of nitrogens with one attached hydrogen (secondary N) is 2. The molecule has 2 N–H and O–H groups in total. The largest absolute Gasteiger partial charge is 0.497 e. The van der Waals surface area contributed by atoms with Crippen molar-refractivity contribution in [3.8, 4) is 5.75 Å². The van der Waals surface area contributed by atoms with E-state index in [1.165, 1.54) is 0 Å². The third kappa shape index (κ3) is 8.55. The van der Waals surface area contributed by atoms with Crippen LogP contribution >= 0.6 is 0 Å². The monoisotopic (exact) mass is 370 g/mol. The van der Waals surface area contributed by atoms with Gasteiger partial charge in [-0.1, -0.05) is 18.2 Å². The van der Waals surface area contributed by atoms with Crippen LogP contribution in [0.1, 0.15) is 24.6 Å². The van der Waals surface area contributed by atoms with Gasteiger partial charge in [-0.3, -0.25) is 4.98 Å². The summed E-state index contributed by atoms with van der Waals surface area (Å²) in [5, 5.41) is 6.76. The van der Waals surface area contributed by atoms with Crippen LogP contribution in [0.15, 0.2) is 53.7 Å². The molecule has 0 radical (unpaired) electrons. The number of aromatic nitrogens is 1. The number of benzene rings is 1. The molecule has 2 rings (SSSR count). The Hall–Kier alpha value is -2.60. The smallest absolute Gasteiger partial charge is 0.191 e. The highest BCUT2D eigenvalue weighted by Gasteiger charge is 2.01. The number of hydrogen-bond donors (Lipinski definition) is 2. The Balaban J connectivity index is 1.86. The van der Waals surface area contributed by atoms with E-state index in [-0.39, 0.29) is 0 Å². The number of ether oxygens (including phenoxy) is 2. The van der Waals surface area contributed by atoms with Gasteiger partial charge in [0.15, 0.2) is 5.96 Å². The van der Waals surface area contributed by atoms with E-state index in [9.17, 15) is 0 Å². The summed E-state index contributed by atoms with van der Waals surface area (Å²) in [6.45, 7) is 5.71. The summed E-state index contributed by atoms with van der Waals surface area (Å²) in [4.78, 5) is 9.04. The molecule has 0 aliphatic carbocycles. The minimum Gasteiger partial charge on any atom is -0.497 e. The minimum atomic E-state index is 0.606. The maximum atomic E-state index is 5.39. The van der Waals surface area contributed by atoms with E-state index in [4.69, 9.17) is 14.5 Å². The zero-order valence-electron chi connectivity index (χ0n) is 16.3.